The highest BCUT2D eigenvalue weighted by Crippen LogP contribution is 2.22. The fraction of sp³-hybridized carbons (Fsp3) is 0.150. The van der Waals surface area contributed by atoms with Crippen LogP contribution in [0.2, 0.25) is 0 Å². The molecule has 1 unspecified atom stereocenters. The van der Waals surface area contributed by atoms with E-state index in [0.29, 0.717) is 23.1 Å². The van der Waals surface area contributed by atoms with E-state index in [1.54, 1.807) is 30.3 Å². The summed E-state index contributed by atoms with van der Waals surface area (Å²) < 4.78 is 0. The second-order valence-electron chi connectivity index (χ2n) is 5.97. The lowest BCUT2D eigenvalue weighted by Crippen LogP contribution is -2.09. The molecule has 1 heterocycles. The van der Waals surface area contributed by atoms with E-state index < -0.39 is 5.97 Å². The van der Waals surface area contributed by atoms with Gasteiger partial charge in [0, 0.05) is 17.8 Å². The van der Waals surface area contributed by atoms with Crippen LogP contribution in [0.15, 0.2) is 60.7 Å². The number of hydrogen-bond acceptors (Lipinski definition) is 5. The molecule has 0 amide bonds. The fourth-order valence-electron chi connectivity index (χ4n) is 2.63. The molecule has 0 radical (unpaired) electrons. The second kappa shape index (κ2) is 7.65. The van der Waals surface area contributed by atoms with Gasteiger partial charge in [-0.1, -0.05) is 36.4 Å². The van der Waals surface area contributed by atoms with Crippen LogP contribution < -0.4 is 10.6 Å². The van der Waals surface area contributed by atoms with Gasteiger partial charge in [-0.3, -0.25) is 0 Å². The van der Waals surface area contributed by atoms with Gasteiger partial charge < -0.3 is 15.7 Å². The van der Waals surface area contributed by atoms with E-state index in [0.717, 1.165) is 5.56 Å². The third-order valence-electron chi connectivity index (χ3n) is 3.88. The number of aryl methyl sites for hydroxylation is 1. The predicted octanol–water partition coefficient (Wildman–Crippen LogP) is 4.40. The van der Waals surface area contributed by atoms with Crippen molar-refractivity contribution in [1.29, 1.82) is 0 Å². The first-order valence-corrected chi connectivity index (χ1v) is 8.29. The van der Waals surface area contributed by atoms with Crippen LogP contribution in [-0.4, -0.2) is 21.0 Å². The van der Waals surface area contributed by atoms with Gasteiger partial charge in [-0.05, 0) is 37.6 Å². The standard InChI is InChI=1S/C20H20N4O2/c1-13(15-7-4-3-5-8-15)21-18-12-19(23-14(2)22-18)24-17-10-6-9-16(11-17)20(25)26/h3-13H,1-2H3,(H,25,26)(H2,21,22,23,24). The van der Waals surface area contributed by atoms with Crippen LogP contribution >= 0.6 is 0 Å². The summed E-state index contributed by atoms with van der Waals surface area (Å²) in [6.07, 6.45) is 0. The Balaban J connectivity index is 1.79. The van der Waals surface area contributed by atoms with Crippen molar-refractivity contribution in [2.45, 2.75) is 19.9 Å². The number of benzene rings is 2. The number of aromatic nitrogens is 2. The molecule has 3 rings (SSSR count). The molecule has 6 nitrogen and oxygen atoms in total. The summed E-state index contributed by atoms with van der Waals surface area (Å²) >= 11 is 0. The topological polar surface area (TPSA) is 87.1 Å². The Labute approximate surface area is 152 Å². The van der Waals surface area contributed by atoms with Crippen molar-refractivity contribution in [1.82, 2.24) is 9.97 Å². The molecule has 1 atom stereocenters. The Morgan fingerprint density at radius 1 is 1.00 bits per heavy atom. The van der Waals surface area contributed by atoms with Crippen LogP contribution in [0.1, 0.15) is 34.7 Å². The maximum atomic E-state index is 11.1. The maximum absolute atomic E-state index is 11.1. The van der Waals surface area contributed by atoms with E-state index in [9.17, 15) is 4.79 Å². The number of nitrogens with zero attached hydrogens (tertiary/aromatic N) is 2. The molecule has 0 bridgehead atoms. The molecule has 3 N–H and O–H groups in total. The zero-order valence-corrected chi connectivity index (χ0v) is 14.6. The van der Waals surface area contributed by atoms with Gasteiger partial charge in [-0.25, -0.2) is 14.8 Å². The smallest absolute Gasteiger partial charge is 0.335 e. The lowest BCUT2D eigenvalue weighted by molar-refractivity contribution is 0.0697. The SMILES string of the molecule is Cc1nc(Nc2cccc(C(=O)O)c2)cc(NC(C)c2ccccc2)n1. The molecule has 0 aliphatic carbocycles. The summed E-state index contributed by atoms with van der Waals surface area (Å²) in [5.74, 6) is 0.951. The number of carbonyl (C=O) groups is 1. The lowest BCUT2D eigenvalue weighted by atomic mass is 10.1. The molecule has 6 heteroatoms. The molecular weight excluding hydrogens is 328 g/mol. The minimum absolute atomic E-state index is 0.0914. The summed E-state index contributed by atoms with van der Waals surface area (Å²) in [6, 6.07) is 18.6. The molecule has 0 aliphatic rings. The van der Waals surface area contributed by atoms with Crippen molar-refractivity contribution >= 4 is 23.3 Å². The first-order chi connectivity index (χ1) is 12.5. The molecule has 26 heavy (non-hydrogen) atoms. The van der Waals surface area contributed by atoms with Gasteiger partial charge in [-0.15, -0.1) is 0 Å². The molecule has 0 fully saturated rings. The average molecular weight is 348 g/mol. The van der Waals surface area contributed by atoms with Crippen molar-refractivity contribution in [3.8, 4) is 0 Å². The van der Waals surface area contributed by atoms with Crippen molar-refractivity contribution < 1.29 is 9.90 Å². The first-order valence-electron chi connectivity index (χ1n) is 8.29. The van der Waals surface area contributed by atoms with Crippen LogP contribution in [0.5, 0.6) is 0 Å². The van der Waals surface area contributed by atoms with Gasteiger partial charge in [0.2, 0.25) is 0 Å². The Bertz CT molecular complexity index is 913. The van der Waals surface area contributed by atoms with E-state index in [1.165, 1.54) is 0 Å². The van der Waals surface area contributed by atoms with Crippen molar-refractivity contribution in [3.63, 3.8) is 0 Å². The van der Waals surface area contributed by atoms with Gasteiger partial charge in [0.1, 0.15) is 17.5 Å². The second-order valence-corrected chi connectivity index (χ2v) is 5.97. The molecule has 0 spiro atoms. The van der Waals surface area contributed by atoms with Crippen molar-refractivity contribution in [3.05, 3.63) is 77.6 Å². The van der Waals surface area contributed by atoms with Gasteiger partial charge >= 0.3 is 5.97 Å². The zero-order valence-electron chi connectivity index (χ0n) is 14.6. The highest BCUT2D eigenvalue weighted by Gasteiger charge is 2.09. The molecule has 0 aliphatic heterocycles. The number of hydrogen-bond donors (Lipinski definition) is 3. The summed E-state index contributed by atoms with van der Waals surface area (Å²) in [5, 5.41) is 15.6. The number of rotatable bonds is 6. The summed E-state index contributed by atoms with van der Waals surface area (Å²) in [6.45, 7) is 3.88. The number of carboxylic acids is 1. The molecule has 2 aromatic carbocycles. The quantitative estimate of drug-likeness (QED) is 0.612. The third-order valence-corrected chi connectivity index (χ3v) is 3.88. The van der Waals surface area contributed by atoms with Crippen LogP contribution in [0.4, 0.5) is 17.3 Å². The third kappa shape index (κ3) is 4.36. The average Bonchev–Trinajstić information content (AvgIpc) is 2.62. The van der Waals surface area contributed by atoms with E-state index in [-0.39, 0.29) is 11.6 Å². The van der Waals surface area contributed by atoms with E-state index >= 15 is 0 Å². The maximum Gasteiger partial charge on any atom is 0.335 e. The van der Waals surface area contributed by atoms with Gasteiger partial charge in [0.15, 0.2) is 0 Å². The normalized spacial score (nSPS) is 11.6. The summed E-state index contributed by atoms with van der Waals surface area (Å²) in [4.78, 5) is 19.9. The number of carboxylic acid groups (broad SMARTS) is 1. The molecule has 132 valence electrons. The number of nitrogens with one attached hydrogen (secondary N) is 2. The molecule has 3 aromatic rings. The minimum atomic E-state index is -0.966. The van der Waals surface area contributed by atoms with Crippen LogP contribution in [0, 0.1) is 6.92 Å². The lowest BCUT2D eigenvalue weighted by Gasteiger charge is -2.16. The van der Waals surface area contributed by atoms with Crippen molar-refractivity contribution in [2.24, 2.45) is 0 Å². The first kappa shape index (κ1) is 17.4. The van der Waals surface area contributed by atoms with Gasteiger partial charge in [0.05, 0.1) is 5.56 Å². The fourth-order valence-corrected chi connectivity index (χ4v) is 2.63. The Kier molecular flexibility index (Phi) is 5.12. The van der Waals surface area contributed by atoms with E-state index in [1.807, 2.05) is 25.1 Å². The van der Waals surface area contributed by atoms with Crippen molar-refractivity contribution in [2.75, 3.05) is 10.6 Å². The molecular formula is C20H20N4O2. The Hall–Kier alpha value is -3.41. The summed E-state index contributed by atoms with van der Waals surface area (Å²) in [5.41, 5.74) is 2.04. The zero-order chi connectivity index (χ0) is 18.5. The van der Waals surface area contributed by atoms with Crippen LogP contribution in [0.3, 0.4) is 0 Å². The molecule has 1 aromatic heterocycles. The Morgan fingerprint density at radius 3 is 2.46 bits per heavy atom. The minimum Gasteiger partial charge on any atom is -0.478 e. The van der Waals surface area contributed by atoms with Gasteiger partial charge in [-0.2, -0.15) is 0 Å². The highest BCUT2D eigenvalue weighted by molar-refractivity contribution is 5.89. The largest absolute Gasteiger partial charge is 0.478 e. The summed E-state index contributed by atoms with van der Waals surface area (Å²) in [7, 11) is 0. The number of anilines is 3. The number of aromatic carboxylic acids is 1. The molecule has 0 saturated carbocycles. The highest BCUT2D eigenvalue weighted by atomic mass is 16.4. The van der Waals surface area contributed by atoms with E-state index in [4.69, 9.17) is 5.11 Å². The van der Waals surface area contributed by atoms with Gasteiger partial charge in [0.25, 0.3) is 0 Å². The Morgan fingerprint density at radius 2 is 1.73 bits per heavy atom. The van der Waals surface area contributed by atoms with E-state index in [2.05, 4.69) is 39.7 Å². The molecule has 0 saturated heterocycles. The van der Waals surface area contributed by atoms with Crippen LogP contribution in [-0.2, 0) is 0 Å². The predicted molar refractivity (Wildman–Crippen MR) is 102 cm³/mol. The monoisotopic (exact) mass is 348 g/mol. The van der Waals surface area contributed by atoms with Crippen LogP contribution in [0.25, 0.3) is 0 Å².